The summed E-state index contributed by atoms with van der Waals surface area (Å²) in [4.78, 5) is 40.3. The van der Waals surface area contributed by atoms with Gasteiger partial charge in [-0.2, -0.15) is 0 Å². The number of aromatic nitrogens is 1. The Hall–Kier alpha value is -3.50. The van der Waals surface area contributed by atoms with Gasteiger partial charge in [0, 0.05) is 43.5 Å². The molecule has 1 aliphatic carbocycles. The number of fused-ring (bicyclic) bond motifs is 1. The van der Waals surface area contributed by atoms with Gasteiger partial charge < -0.3 is 15.3 Å². The summed E-state index contributed by atoms with van der Waals surface area (Å²) in [7, 11) is 0. The smallest absolute Gasteiger partial charge is 0.278 e. The molecule has 2 aromatic rings. The Balaban J connectivity index is 1.70. The maximum Gasteiger partial charge on any atom is 0.278 e. The van der Waals surface area contributed by atoms with Crippen LogP contribution in [0.15, 0.2) is 23.1 Å². The van der Waals surface area contributed by atoms with Crippen LogP contribution in [-0.2, 0) is 6.54 Å². The average Bonchev–Trinajstić information content (AvgIpc) is 3.31. The lowest BCUT2D eigenvalue weighted by Crippen LogP contribution is -2.61. The van der Waals surface area contributed by atoms with Crippen LogP contribution in [0.5, 0.6) is 5.75 Å². The summed E-state index contributed by atoms with van der Waals surface area (Å²) in [5.41, 5.74) is -2.38. The molecule has 1 aromatic heterocycles. The molecule has 0 unspecified atom stereocenters. The highest BCUT2D eigenvalue weighted by atomic mass is 19.1. The molecular formula is C24H27F3N4O4. The molecule has 0 spiro atoms. The summed E-state index contributed by atoms with van der Waals surface area (Å²) in [6.45, 7) is 3.87. The molecule has 2 amide bonds. The van der Waals surface area contributed by atoms with E-state index in [4.69, 9.17) is 0 Å². The van der Waals surface area contributed by atoms with E-state index in [1.165, 1.54) is 15.8 Å². The number of carbonyl (C=O) groups excluding carboxylic acids is 2. The summed E-state index contributed by atoms with van der Waals surface area (Å²) in [6.07, 6.45) is 4.98. The molecule has 1 aromatic carbocycles. The Morgan fingerprint density at radius 2 is 1.77 bits per heavy atom. The van der Waals surface area contributed by atoms with E-state index >= 15 is 0 Å². The van der Waals surface area contributed by atoms with Crippen LogP contribution >= 0.6 is 0 Å². The van der Waals surface area contributed by atoms with E-state index < -0.39 is 64.3 Å². The van der Waals surface area contributed by atoms with Crippen molar-refractivity contribution in [2.24, 2.45) is 5.92 Å². The van der Waals surface area contributed by atoms with Gasteiger partial charge in [-0.3, -0.25) is 24.1 Å². The molecule has 2 N–H and O–H groups in total. The second-order valence-electron chi connectivity index (χ2n) is 8.94. The summed E-state index contributed by atoms with van der Waals surface area (Å²) < 4.78 is 42.4. The van der Waals surface area contributed by atoms with E-state index in [1.807, 2.05) is 11.9 Å². The normalized spacial score (nSPS) is 18.2. The molecule has 2 aliphatic rings. The number of carbonyl (C=O) groups is 2. The summed E-state index contributed by atoms with van der Waals surface area (Å²) in [5, 5.41) is 14.8. The van der Waals surface area contributed by atoms with Crippen LogP contribution in [0, 0.1) is 23.4 Å². The third-order valence-corrected chi connectivity index (χ3v) is 6.82. The van der Waals surface area contributed by atoms with Gasteiger partial charge in [0.15, 0.2) is 11.4 Å². The topological polar surface area (TPSA) is 94.9 Å². The van der Waals surface area contributed by atoms with Gasteiger partial charge in [0.05, 0.1) is 0 Å². The minimum atomic E-state index is -1.19. The van der Waals surface area contributed by atoms with Crippen LogP contribution in [-0.4, -0.2) is 45.8 Å². The van der Waals surface area contributed by atoms with Crippen molar-refractivity contribution in [1.82, 2.24) is 14.9 Å². The Bertz CT molecular complexity index is 1200. The first-order chi connectivity index (χ1) is 16.6. The molecule has 2 heterocycles. The van der Waals surface area contributed by atoms with Gasteiger partial charge in [0.1, 0.15) is 29.2 Å². The zero-order chi connectivity index (χ0) is 25.4. The molecule has 11 heteroatoms. The second-order valence-corrected chi connectivity index (χ2v) is 8.94. The van der Waals surface area contributed by atoms with E-state index in [2.05, 4.69) is 5.32 Å². The lowest BCUT2D eigenvalue weighted by Gasteiger charge is -2.45. The van der Waals surface area contributed by atoms with Crippen LogP contribution < -0.4 is 15.8 Å². The van der Waals surface area contributed by atoms with Gasteiger partial charge in [-0.15, -0.1) is 0 Å². The largest absolute Gasteiger partial charge is 0.502 e. The Kier molecular flexibility index (Phi) is 6.77. The fourth-order valence-corrected chi connectivity index (χ4v) is 4.91. The summed E-state index contributed by atoms with van der Waals surface area (Å²) in [6, 6.07) is 0.967. The fraction of sp³-hybridized carbons (Fsp3) is 0.458. The summed E-state index contributed by atoms with van der Waals surface area (Å²) in [5.74, 6) is -5.54. The SMILES string of the molecule is CCN1C(=O)c2c(O)c(=O)c(C(=O)NCc3c(F)cc(F)cc3F)cn2N(CC2CCCC2)[C@H]1C. The second kappa shape index (κ2) is 9.63. The third kappa shape index (κ3) is 4.46. The molecule has 1 fully saturated rings. The van der Waals surface area contributed by atoms with Crippen LogP contribution in [0.4, 0.5) is 13.2 Å². The van der Waals surface area contributed by atoms with Crippen LogP contribution in [0.3, 0.4) is 0 Å². The van der Waals surface area contributed by atoms with Crippen molar-refractivity contribution in [2.45, 2.75) is 52.2 Å². The van der Waals surface area contributed by atoms with E-state index in [1.54, 1.807) is 6.92 Å². The Labute approximate surface area is 199 Å². The van der Waals surface area contributed by atoms with E-state index in [0.29, 0.717) is 31.1 Å². The van der Waals surface area contributed by atoms with Gasteiger partial charge in [-0.05, 0) is 32.6 Å². The van der Waals surface area contributed by atoms with Crippen molar-refractivity contribution < 1.29 is 27.9 Å². The predicted octanol–water partition coefficient (Wildman–Crippen LogP) is 2.85. The van der Waals surface area contributed by atoms with Gasteiger partial charge >= 0.3 is 0 Å². The molecule has 1 atom stereocenters. The number of hydrogen-bond donors (Lipinski definition) is 2. The van der Waals surface area contributed by atoms with Gasteiger partial charge in [-0.1, -0.05) is 12.8 Å². The molecular weight excluding hydrogens is 465 g/mol. The number of nitrogens with zero attached hydrogens (tertiary/aromatic N) is 3. The number of rotatable bonds is 6. The van der Waals surface area contributed by atoms with Crippen LogP contribution in [0.25, 0.3) is 0 Å². The van der Waals surface area contributed by atoms with Crippen molar-refractivity contribution in [2.75, 3.05) is 18.1 Å². The third-order valence-electron chi connectivity index (χ3n) is 6.82. The maximum absolute atomic E-state index is 13.9. The molecule has 1 aliphatic heterocycles. The van der Waals surface area contributed by atoms with Gasteiger partial charge in [0.25, 0.3) is 11.8 Å². The molecule has 0 saturated heterocycles. The van der Waals surface area contributed by atoms with Crippen molar-refractivity contribution in [1.29, 1.82) is 0 Å². The maximum atomic E-state index is 13.9. The van der Waals surface area contributed by atoms with Crippen molar-refractivity contribution in [3.63, 3.8) is 0 Å². The number of hydrogen-bond acceptors (Lipinski definition) is 5. The standard InChI is InChI=1S/C24H27F3N4O4/c1-3-29-13(2)30(11-14-6-4-5-7-14)31-12-17(21(32)22(33)20(31)24(29)35)23(34)28-10-16-18(26)8-15(25)9-19(16)27/h8-9,12-14,33H,3-7,10-11H2,1-2H3,(H,28,34)/t13-/m0/s1. The number of pyridine rings is 1. The fourth-order valence-electron chi connectivity index (χ4n) is 4.91. The number of benzene rings is 1. The van der Waals surface area contributed by atoms with E-state index in [-0.39, 0.29) is 5.69 Å². The van der Waals surface area contributed by atoms with Gasteiger partial charge in [0.2, 0.25) is 5.43 Å². The molecule has 1 saturated carbocycles. The highest BCUT2D eigenvalue weighted by molar-refractivity contribution is 5.99. The first-order valence-electron chi connectivity index (χ1n) is 11.6. The molecule has 0 radical (unpaired) electrons. The minimum Gasteiger partial charge on any atom is -0.502 e. The molecule has 188 valence electrons. The first kappa shape index (κ1) is 24.6. The van der Waals surface area contributed by atoms with Gasteiger partial charge in [-0.25, -0.2) is 13.2 Å². The molecule has 0 bridgehead atoms. The number of nitrogens with one attached hydrogen (secondary N) is 1. The van der Waals surface area contributed by atoms with Crippen molar-refractivity contribution in [3.05, 3.63) is 62.8 Å². The van der Waals surface area contributed by atoms with E-state index in [0.717, 1.165) is 25.7 Å². The summed E-state index contributed by atoms with van der Waals surface area (Å²) >= 11 is 0. The number of aromatic hydroxyl groups is 1. The highest BCUT2D eigenvalue weighted by Gasteiger charge is 2.39. The lowest BCUT2D eigenvalue weighted by molar-refractivity contribution is 0.0593. The quantitative estimate of drug-likeness (QED) is 0.647. The molecule has 8 nitrogen and oxygen atoms in total. The monoisotopic (exact) mass is 492 g/mol. The first-order valence-corrected chi connectivity index (χ1v) is 11.6. The minimum absolute atomic E-state index is 0.236. The van der Waals surface area contributed by atoms with Crippen molar-refractivity contribution >= 4 is 11.8 Å². The van der Waals surface area contributed by atoms with E-state index in [9.17, 15) is 32.7 Å². The molecule has 4 rings (SSSR count). The average molecular weight is 492 g/mol. The van der Waals surface area contributed by atoms with Crippen LogP contribution in [0.2, 0.25) is 0 Å². The Morgan fingerprint density at radius 1 is 1.14 bits per heavy atom. The zero-order valence-corrected chi connectivity index (χ0v) is 19.5. The van der Waals surface area contributed by atoms with Crippen LogP contribution in [0.1, 0.15) is 65.9 Å². The number of amides is 2. The predicted molar refractivity (Wildman–Crippen MR) is 121 cm³/mol. The Morgan fingerprint density at radius 3 is 2.37 bits per heavy atom. The highest BCUT2D eigenvalue weighted by Crippen LogP contribution is 2.30. The van der Waals surface area contributed by atoms with Crippen molar-refractivity contribution in [3.8, 4) is 5.75 Å². The lowest BCUT2D eigenvalue weighted by atomic mass is 10.1. The zero-order valence-electron chi connectivity index (χ0n) is 19.5. The molecule has 35 heavy (non-hydrogen) atoms. The number of halogens is 3.